The van der Waals surface area contributed by atoms with Crippen LogP contribution in [0.1, 0.15) is 40.0 Å². The average Bonchev–Trinajstić information content (AvgIpc) is 2.26. The molecule has 0 unspecified atom stereocenters. The molecule has 0 aromatic carbocycles. The summed E-state index contributed by atoms with van der Waals surface area (Å²) in [6.45, 7) is 7.14. The fourth-order valence-corrected chi connectivity index (χ4v) is 2.73. The SMILES string of the molecule is CC(C)(C)OC(=O)N1CC[C@@H]2C=C(O)CC[C@H]2C1. The Morgan fingerprint density at radius 3 is 2.83 bits per heavy atom. The van der Waals surface area contributed by atoms with Gasteiger partial charge in [-0.2, -0.15) is 0 Å². The molecule has 1 aliphatic heterocycles. The molecule has 0 saturated carbocycles. The molecule has 2 aliphatic rings. The number of ether oxygens (including phenoxy) is 1. The lowest BCUT2D eigenvalue weighted by atomic mass is 9.78. The molecule has 0 spiro atoms. The molecule has 1 fully saturated rings. The predicted octanol–water partition coefficient (Wildman–Crippen LogP) is 3.10. The zero-order chi connectivity index (χ0) is 13.3. The zero-order valence-electron chi connectivity index (χ0n) is 11.5. The summed E-state index contributed by atoms with van der Waals surface area (Å²) in [5.41, 5.74) is -0.432. The van der Waals surface area contributed by atoms with E-state index >= 15 is 0 Å². The maximum Gasteiger partial charge on any atom is 0.410 e. The van der Waals surface area contributed by atoms with Gasteiger partial charge in [0.25, 0.3) is 0 Å². The zero-order valence-corrected chi connectivity index (χ0v) is 11.5. The quantitative estimate of drug-likeness (QED) is 0.721. The maximum atomic E-state index is 12.0. The predicted molar refractivity (Wildman–Crippen MR) is 69.3 cm³/mol. The number of likely N-dealkylation sites (tertiary alicyclic amines) is 1. The fraction of sp³-hybridized carbons (Fsp3) is 0.786. The minimum atomic E-state index is -0.432. The Kier molecular flexibility index (Phi) is 3.55. The fourth-order valence-electron chi connectivity index (χ4n) is 2.73. The van der Waals surface area contributed by atoms with Crippen molar-refractivity contribution in [2.45, 2.75) is 45.6 Å². The summed E-state index contributed by atoms with van der Waals surface area (Å²) >= 11 is 0. The number of carbonyl (C=O) groups is 1. The third-order valence-electron chi connectivity index (χ3n) is 3.62. The molecule has 1 N–H and O–H groups in total. The van der Waals surface area contributed by atoms with Gasteiger partial charge in [-0.05, 0) is 51.5 Å². The Morgan fingerprint density at radius 1 is 1.44 bits per heavy atom. The van der Waals surface area contributed by atoms with Crippen molar-refractivity contribution in [2.75, 3.05) is 13.1 Å². The Hall–Kier alpha value is -1.19. The normalized spacial score (nSPS) is 28.4. The highest BCUT2D eigenvalue weighted by molar-refractivity contribution is 5.68. The molecule has 1 saturated heterocycles. The molecule has 1 aliphatic carbocycles. The molecule has 1 amide bonds. The van der Waals surface area contributed by atoms with E-state index in [9.17, 15) is 9.90 Å². The molecule has 1 heterocycles. The molecule has 0 aromatic heterocycles. The summed E-state index contributed by atoms with van der Waals surface area (Å²) in [5, 5.41) is 9.53. The summed E-state index contributed by atoms with van der Waals surface area (Å²) < 4.78 is 5.40. The highest BCUT2D eigenvalue weighted by Gasteiger charge is 2.34. The number of aliphatic hydroxyl groups excluding tert-OH is 1. The van der Waals surface area contributed by atoms with Crippen LogP contribution in [-0.4, -0.2) is 34.8 Å². The van der Waals surface area contributed by atoms with Crippen molar-refractivity contribution in [3.05, 3.63) is 11.8 Å². The van der Waals surface area contributed by atoms with Gasteiger partial charge in [0.1, 0.15) is 5.60 Å². The highest BCUT2D eigenvalue weighted by Crippen LogP contribution is 2.34. The van der Waals surface area contributed by atoms with Crippen LogP contribution in [0.25, 0.3) is 0 Å². The number of aliphatic hydroxyl groups is 1. The van der Waals surface area contributed by atoms with Gasteiger partial charge in [-0.3, -0.25) is 0 Å². The lowest BCUT2D eigenvalue weighted by Gasteiger charge is -2.39. The summed E-state index contributed by atoms with van der Waals surface area (Å²) in [4.78, 5) is 13.8. The van der Waals surface area contributed by atoms with Gasteiger partial charge < -0.3 is 14.7 Å². The van der Waals surface area contributed by atoms with Crippen molar-refractivity contribution in [3.8, 4) is 0 Å². The summed E-state index contributed by atoms with van der Waals surface area (Å²) in [7, 11) is 0. The Labute approximate surface area is 109 Å². The number of hydrogen-bond acceptors (Lipinski definition) is 3. The number of fused-ring (bicyclic) bond motifs is 1. The second-order valence-electron chi connectivity index (χ2n) is 6.34. The van der Waals surface area contributed by atoms with Gasteiger partial charge >= 0.3 is 6.09 Å². The van der Waals surface area contributed by atoms with E-state index in [0.29, 0.717) is 17.6 Å². The molecule has 2 atom stereocenters. The van der Waals surface area contributed by atoms with Gasteiger partial charge in [-0.25, -0.2) is 4.79 Å². The van der Waals surface area contributed by atoms with E-state index in [0.717, 1.165) is 32.4 Å². The first-order chi connectivity index (χ1) is 8.35. The van der Waals surface area contributed by atoms with Crippen LogP contribution in [0, 0.1) is 11.8 Å². The number of hydrogen-bond donors (Lipinski definition) is 1. The summed E-state index contributed by atoms with van der Waals surface area (Å²) in [6.07, 6.45) is 4.39. The van der Waals surface area contributed by atoms with E-state index in [1.54, 1.807) is 0 Å². The van der Waals surface area contributed by atoms with Crippen molar-refractivity contribution in [1.29, 1.82) is 0 Å². The van der Waals surface area contributed by atoms with Crippen LogP contribution in [0.5, 0.6) is 0 Å². The van der Waals surface area contributed by atoms with E-state index < -0.39 is 5.60 Å². The van der Waals surface area contributed by atoms with Crippen LogP contribution in [0.4, 0.5) is 4.79 Å². The van der Waals surface area contributed by atoms with Crippen molar-refractivity contribution in [1.82, 2.24) is 4.90 Å². The number of rotatable bonds is 0. The molecule has 4 nitrogen and oxygen atoms in total. The minimum Gasteiger partial charge on any atom is -0.513 e. The van der Waals surface area contributed by atoms with Crippen LogP contribution in [0.3, 0.4) is 0 Å². The van der Waals surface area contributed by atoms with Crippen molar-refractivity contribution in [2.24, 2.45) is 11.8 Å². The third kappa shape index (κ3) is 3.18. The molecule has 2 rings (SSSR count). The van der Waals surface area contributed by atoms with Crippen LogP contribution < -0.4 is 0 Å². The Bertz CT molecular complexity index is 357. The summed E-state index contributed by atoms with van der Waals surface area (Å²) in [5.74, 6) is 1.42. The van der Waals surface area contributed by atoms with Crippen LogP contribution in [-0.2, 0) is 4.74 Å². The monoisotopic (exact) mass is 253 g/mol. The van der Waals surface area contributed by atoms with Crippen molar-refractivity contribution in [3.63, 3.8) is 0 Å². The first-order valence-corrected chi connectivity index (χ1v) is 6.73. The van der Waals surface area contributed by atoms with Crippen molar-refractivity contribution >= 4 is 6.09 Å². The van der Waals surface area contributed by atoms with Gasteiger partial charge in [-0.1, -0.05) is 0 Å². The van der Waals surface area contributed by atoms with Gasteiger partial charge in [0.15, 0.2) is 0 Å². The molecule has 102 valence electrons. The molecule has 0 radical (unpaired) electrons. The first kappa shape index (κ1) is 13.2. The highest BCUT2D eigenvalue weighted by atomic mass is 16.6. The standard InChI is InChI=1S/C14H23NO3/c1-14(2,3)18-13(17)15-7-6-10-8-12(16)5-4-11(10)9-15/h8,10-11,16H,4-7,9H2,1-3H3/t10-,11+/m1/s1. The molecule has 4 heteroatoms. The second-order valence-corrected chi connectivity index (χ2v) is 6.34. The third-order valence-corrected chi connectivity index (χ3v) is 3.62. The second kappa shape index (κ2) is 4.82. The van der Waals surface area contributed by atoms with E-state index in [1.165, 1.54) is 0 Å². The largest absolute Gasteiger partial charge is 0.513 e. The van der Waals surface area contributed by atoms with Crippen LogP contribution in [0.2, 0.25) is 0 Å². The molecular formula is C14H23NO3. The number of amides is 1. The number of nitrogens with zero attached hydrogens (tertiary/aromatic N) is 1. The Balaban J connectivity index is 1.94. The van der Waals surface area contributed by atoms with E-state index in [2.05, 4.69) is 0 Å². The number of carbonyl (C=O) groups excluding carboxylic acids is 1. The van der Waals surface area contributed by atoms with Gasteiger partial charge in [0, 0.05) is 19.5 Å². The molecule has 18 heavy (non-hydrogen) atoms. The smallest absolute Gasteiger partial charge is 0.410 e. The number of allylic oxidation sites excluding steroid dienone is 2. The van der Waals surface area contributed by atoms with Crippen LogP contribution >= 0.6 is 0 Å². The Morgan fingerprint density at radius 2 is 2.17 bits per heavy atom. The van der Waals surface area contributed by atoms with Crippen molar-refractivity contribution < 1.29 is 14.6 Å². The molecule has 0 aromatic rings. The molecule has 0 bridgehead atoms. The van der Waals surface area contributed by atoms with Gasteiger partial charge in [0.2, 0.25) is 0 Å². The lowest BCUT2D eigenvalue weighted by Crippen LogP contribution is -2.46. The topological polar surface area (TPSA) is 49.8 Å². The van der Waals surface area contributed by atoms with Gasteiger partial charge in [0.05, 0.1) is 5.76 Å². The van der Waals surface area contributed by atoms with E-state index in [4.69, 9.17) is 4.74 Å². The van der Waals surface area contributed by atoms with Crippen LogP contribution in [0.15, 0.2) is 11.8 Å². The molecular weight excluding hydrogens is 230 g/mol. The number of piperidine rings is 1. The first-order valence-electron chi connectivity index (χ1n) is 6.73. The maximum absolute atomic E-state index is 12.0. The van der Waals surface area contributed by atoms with Gasteiger partial charge in [-0.15, -0.1) is 0 Å². The van der Waals surface area contributed by atoms with E-state index in [-0.39, 0.29) is 6.09 Å². The lowest BCUT2D eigenvalue weighted by molar-refractivity contribution is 0.0112. The minimum absolute atomic E-state index is 0.209. The average molecular weight is 253 g/mol. The van der Waals surface area contributed by atoms with E-state index in [1.807, 2.05) is 31.7 Å². The summed E-state index contributed by atoms with van der Waals surface area (Å²) in [6, 6.07) is 0.